The molecule has 0 saturated carbocycles. The first kappa shape index (κ1) is 17.5. The van der Waals surface area contributed by atoms with Crippen LogP contribution in [0.5, 0.6) is 5.75 Å². The Labute approximate surface area is 142 Å². The first-order chi connectivity index (χ1) is 11.5. The number of hydrogen-bond donors (Lipinski definition) is 1. The van der Waals surface area contributed by atoms with E-state index in [0.29, 0.717) is 24.3 Å². The van der Waals surface area contributed by atoms with E-state index in [-0.39, 0.29) is 11.8 Å². The largest absolute Gasteiger partial charge is 0.494 e. The summed E-state index contributed by atoms with van der Waals surface area (Å²) < 4.78 is 5.36. The highest BCUT2D eigenvalue weighted by atomic mass is 16.5. The molecule has 1 N–H and O–H groups in total. The molecule has 2 aromatic carbocycles. The first-order valence-electron chi connectivity index (χ1n) is 7.83. The highest BCUT2D eigenvalue weighted by Crippen LogP contribution is 2.12. The number of carbonyl (C=O) groups is 2. The number of hydrogen-bond acceptors (Lipinski definition) is 3. The molecule has 0 heterocycles. The summed E-state index contributed by atoms with van der Waals surface area (Å²) in [5, 5.41) is 2.86. The Bertz CT molecular complexity index is 709. The second-order valence-electron chi connectivity index (χ2n) is 5.54. The summed E-state index contributed by atoms with van der Waals surface area (Å²) in [5.41, 5.74) is 2.05. The third-order valence-corrected chi connectivity index (χ3v) is 3.46. The summed E-state index contributed by atoms with van der Waals surface area (Å²) >= 11 is 0. The lowest BCUT2D eigenvalue weighted by Crippen LogP contribution is -2.24. The van der Waals surface area contributed by atoms with Crippen molar-refractivity contribution >= 4 is 11.8 Å². The lowest BCUT2D eigenvalue weighted by molar-refractivity contribution is 0.0827. The number of rotatable bonds is 6. The van der Waals surface area contributed by atoms with Crippen LogP contribution in [0.2, 0.25) is 0 Å². The highest BCUT2D eigenvalue weighted by Gasteiger charge is 2.09. The molecule has 5 nitrogen and oxygen atoms in total. The van der Waals surface area contributed by atoms with Crippen molar-refractivity contribution in [1.82, 2.24) is 10.2 Å². The third-order valence-electron chi connectivity index (χ3n) is 3.46. The van der Waals surface area contributed by atoms with E-state index in [2.05, 4.69) is 5.32 Å². The quantitative estimate of drug-likeness (QED) is 0.888. The molecular formula is C19H22N2O3. The van der Waals surface area contributed by atoms with Crippen LogP contribution in [0.1, 0.15) is 33.2 Å². The number of ether oxygens (including phenoxy) is 1. The molecule has 0 saturated heterocycles. The second-order valence-corrected chi connectivity index (χ2v) is 5.54. The molecule has 0 aliphatic rings. The molecule has 2 aromatic rings. The summed E-state index contributed by atoms with van der Waals surface area (Å²) in [4.78, 5) is 25.7. The molecule has 0 spiro atoms. The molecule has 0 aromatic heterocycles. The van der Waals surface area contributed by atoms with Gasteiger partial charge in [0.25, 0.3) is 11.8 Å². The van der Waals surface area contributed by atoms with Crippen molar-refractivity contribution in [2.45, 2.75) is 13.5 Å². The van der Waals surface area contributed by atoms with Crippen LogP contribution in [0.25, 0.3) is 0 Å². The SMILES string of the molecule is CCOc1ccc(C(=O)NCc2cccc(C(=O)N(C)C)c2)cc1. The van der Waals surface area contributed by atoms with Gasteiger partial charge in [0, 0.05) is 31.8 Å². The maximum Gasteiger partial charge on any atom is 0.253 e. The Balaban J connectivity index is 1.98. The zero-order valence-electron chi connectivity index (χ0n) is 14.2. The van der Waals surface area contributed by atoms with Gasteiger partial charge in [-0.1, -0.05) is 12.1 Å². The minimum absolute atomic E-state index is 0.0605. The topological polar surface area (TPSA) is 58.6 Å². The molecule has 0 aliphatic carbocycles. The van der Waals surface area contributed by atoms with Crippen molar-refractivity contribution in [3.8, 4) is 5.75 Å². The lowest BCUT2D eigenvalue weighted by atomic mass is 10.1. The number of benzene rings is 2. The van der Waals surface area contributed by atoms with Crippen molar-refractivity contribution in [2.24, 2.45) is 0 Å². The molecule has 5 heteroatoms. The van der Waals surface area contributed by atoms with Gasteiger partial charge in [0.15, 0.2) is 0 Å². The third kappa shape index (κ3) is 4.59. The van der Waals surface area contributed by atoms with Crippen LogP contribution in [0.15, 0.2) is 48.5 Å². The smallest absolute Gasteiger partial charge is 0.253 e. The van der Waals surface area contributed by atoms with Crippen LogP contribution in [0.4, 0.5) is 0 Å². The average molecular weight is 326 g/mol. The maximum atomic E-state index is 12.2. The zero-order valence-corrected chi connectivity index (χ0v) is 14.2. The van der Waals surface area contributed by atoms with Crippen molar-refractivity contribution in [3.63, 3.8) is 0 Å². The van der Waals surface area contributed by atoms with Crippen LogP contribution < -0.4 is 10.1 Å². The summed E-state index contributed by atoms with van der Waals surface area (Å²) in [6.07, 6.45) is 0. The predicted molar refractivity (Wildman–Crippen MR) is 93.2 cm³/mol. The van der Waals surface area contributed by atoms with Crippen LogP contribution >= 0.6 is 0 Å². The van der Waals surface area contributed by atoms with Crippen molar-refractivity contribution in [1.29, 1.82) is 0 Å². The predicted octanol–water partition coefficient (Wildman–Crippen LogP) is 2.72. The van der Waals surface area contributed by atoms with E-state index in [0.717, 1.165) is 11.3 Å². The molecule has 0 atom stereocenters. The number of nitrogens with zero attached hydrogens (tertiary/aromatic N) is 1. The van der Waals surface area contributed by atoms with E-state index in [1.54, 1.807) is 50.5 Å². The minimum atomic E-state index is -0.164. The van der Waals surface area contributed by atoms with Crippen molar-refractivity contribution < 1.29 is 14.3 Å². The Morgan fingerprint density at radius 2 is 1.75 bits per heavy atom. The number of carbonyl (C=O) groups excluding carboxylic acids is 2. The van der Waals surface area contributed by atoms with E-state index >= 15 is 0 Å². The Hall–Kier alpha value is -2.82. The normalized spacial score (nSPS) is 10.1. The van der Waals surface area contributed by atoms with Crippen molar-refractivity contribution in [2.75, 3.05) is 20.7 Å². The molecule has 0 radical (unpaired) electrons. The van der Waals surface area contributed by atoms with E-state index in [1.807, 2.05) is 19.1 Å². The van der Waals surface area contributed by atoms with Gasteiger partial charge in [-0.3, -0.25) is 9.59 Å². The fraction of sp³-hybridized carbons (Fsp3) is 0.263. The first-order valence-corrected chi connectivity index (χ1v) is 7.83. The van der Waals surface area contributed by atoms with E-state index in [9.17, 15) is 9.59 Å². The molecular weight excluding hydrogens is 304 g/mol. The van der Waals surface area contributed by atoms with Gasteiger partial charge in [-0.05, 0) is 48.9 Å². The lowest BCUT2D eigenvalue weighted by Gasteiger charge is -2.11. The molecule has 24 heavy (non-hydrogen) atoms. The van der Waals surface area contributed by atoms with Gasteiger partial charge in [-0.25, -0.2) is 0 Å². The van der Waals surface area contributed by atoms with Gasteiger partial charge >= 0.3 is 0 Å². The van der Waals surface area contributed by atoms with Gasteiger partial charge < -0.3 is 15.0 Å². The van der Waals surface area contributed by atoms with Gasteiger partial charge in [-0.2, -0.15) is 0 Å². The monoisotopic (exact) mass is 326 g/mol. The van der Waals surface area contributed by atoms with Crippen LogP contribution in [-0.4, -0.2) is 37.4 Å². The Morgan fingerprint density at radius 3 is 2.38 bits per heavy atom. The molecule has 0 bridgehead atoms. The van der Waals surface area contributed by atoms with Crippen LogP contribution in [0, 0.1) is 0 Å². The van der Waals surface area contributed by atoms with Gasteiger partial charge in [-0.15, -0.1) is 0 Å². The summed E-state index contributed by atoms with van der Waals surface area (Å²) in [5.74, 6) is 0.515. The number of amides is 2. The van der Waals surface area contributed by atoms with Crippen LogP contribution in [-0.2, 0) is 6.54 Å². The van der Waals surface area contributed by atoms with E-state index < -0.39 is 0 Å². The standard InChI is InChI=1S/C19H22N2O3/c1-4-24-17-10-8-15(9-11-17)18(22)20-13-14-6-5-7-16(12-14)19(23)21(2)3/h5-12H,4,13H2,1-3H3,(H,20,22). The molecule has 0 fully saturated rings. The Kier molecular flexibility index (Phi) is 5.95. The van der Waals surface area contributed by atoms with E-state index in [4.69, 9.17) is 4.74 Å². The molecule has 126 valence electrons. The second kappa shape index (κ2) is 8.15. The number of nitrogens with one attached hydrogen (secondary N) is 1. The highest BCUT2D eigenvalue weighted by molar-refractivity contribution is 5.95. The fourth-order valence-corrected chi connectivity index (χ4v) is 2.23. The summed E-state index contributed by atoms with van der Waals surface area (Å²) in [6, 6.07) is 14.3. The molecule has 2 amide bonds. The fourth-order valence-electron chi connectivity index (χ4n) is 2.23. The van der Waals surface area contributed by atoms with Gasteiger partial charge in [0.05, 0.1) is 6.61 Å². The maximum absolute atomic E-state index is 12.2. The average Bonchev–Trinajstić information content (AvgIpc) is 2.60. The Morgan fingerprint density at radius 1 is 1.04 bits per heavy atom. The zero-order chi connectivity index (χ0) is 17.5. The van der Waals surface area contributed by atoms with Gasteiger partial charge in [0.2, 0.25) is 0 Å². The molecule has 0 unspecified atom stereocenters. The molecule has 2 rings (SSSR count). The molecule has 0 aliphatic heterocycles. The van der Waals surface area contributed by atoms with Crippen LogP contribution in [0.3, 0.4) is 0 Å². The van der Waals surface area contributed by atoms with Gasteiger partial charge in [0.1, 0.15) is 5.75 Å². The summed E-state index contributed by atoms with van der Waals surface area (Å²) in [7, 11) is 3.42. The summed E-state index contributed by atoms with van der Waals surface area (Å²) in [6.45, 7) is 2.87. The minimum Gasteiger partial charge on any atom is -0.494 e. The van der Waals surface area contributed by atoms with E-state index in [1.165, 1.54) is 4.90 Å². The van der Waals surface area contributed by atoms with Crippen molar-refractivity contribution in [3.05, 3.63) is 65.2 Å².